The number of hydrogen-bond donors (Lipinski definition) is 2. The molecule has 0 aliphatic heterocycles. The molecule has 5 nitrogen and oxygen atoms in total. The number of nitrogens with zero attached hydrogens (tertiary/aromatic N) is 1. The summed E-state index contributed by atoms with van der Waals surface area (Å²) >= 11 is 1.26. The topological polar surface area (TPSA) is 74.8 Å². The molecule has 0 radical (unpaired) electrons. The van der Waals surface area contributed by atoms with Crippen LogP contribution < -0.4 is 10.9 Å². The minimum atomic E-state index is -0.161. The average molecular weight is 297 g/mol. The van der Waals surface area contributed by atoms with Gasteiger partial charge in [0.25, 0.3) is 5.56 Å². The molecule has 1 unspecified atom stereocenters. The summed E-state index contributed by atoms with van der Waals surface area (Å²) in [7, 11) is 0. The van der Waals surface area contributed by atoms with Gasteiger partial charge in [-0.3, -0.25) is 9.59 Å². The van der Waals surface area contributed by atoms with E-state index < -0.39 is 0 Å². The van der Waals surface area contributed by atoms with Gasteiger partial charge < -0.3 is 10.3 Å². The van der Waals surface area contributed by atoms with Gasteiger partial charge in [0, 0.05) is 17.8 Å². The molecule has 1 aromatic rings. The van der Waals surface area contributed by atoms with E-state index in [2.05, 4.69) is 22.2 Å². The molecular weight excluding hydrogens is 274 g/mol. The van der Waals surface area contributed by atoms with Crippen molar-refractivity contribution in [3.05, 3.63) is 22.1 Å². The molecule has 20 heavy (non-hydrogen) atoms. The quantitative estimate of drug-likeness (QED) is 0.569. The zero-order valence-corrected chi connectivity index (χ0v) is 13.2. The first kappa shape index (κ1) is 16.8. The van der Waals surface area contributed by atoms with E-state index >= 15 is 0 Å². The summed E-state index contributed by atoms with van der Waals surface area (Å²) in [4.78, 5) is 30.2. The third-order valence-corrected chi connectivity index (χ3v) is 3.62. The number of carbonyl (C=O) groups excluding carboxylic acids is 1. The molecule has 0 bridgehead atoms. The van der Waals surface area contributed by atoms with Gasteiger partial charge in [-0.25, -0.2) is 4.98 Å². The first-order valence-corrected chi connectivity index (χ1v) is 8.06. The maximum Gasteiger partial charge on any atom is 0.251 e. The van der Waals surface area contributed by atoms with Gasteiger partial charge in [0.2, 0.25) is 5.91 Å². The standard InChI is InChI=1S/C14H23N3O2S/c1-4-6-10(3)15-13(19)9-20-14-16-11(7-5-2)8-12(18)17-14/h8,10H,4-7,9H2,1-3H3,(H,15,19)(H,16,17,18). The Bertz CT molecular complexity index is 488. The van der Waals surface area contributed by atoms with Crippen LogP contribution in [-0.4, -0.2) is 27.7 Å². The Morgan fingerprint density at radius 2 is 2.20 bits per heavy atom. The summed E-state index contributed by atoms with van der Waals surface area (Å²) in [5.74, 6) is 0.242. The van der Waals surface area contributed by atoms with Gasteiger partial charge in [-0.15, -0.1) is 0 Å². The van der Waals surface area contributed by atoms with Gasteiger partial charge in [0.15, 0.2) is 5.16 Å². The van der Waals surface area contributed by atoms with Gasteiger partial charge in [-0.1, -0.05) is 38.5 Å². The molecule has 0 saturated carbocycles. The van der Waals surface area contributed by atoms with E-state index in [9.17, 15) is 9.59 Å². The van der Waals surface area contributed by atoms with Crippen LogP contribution in [0.3, 0.4) is 0 Å². The second-order valence-electron chi connectivity index (χ2n) is 4.84. The number of aromatic amines is 1. The fourth-order valence-corrected chi connectivity index (χ4v) is 2.60. The SMILES string of the molecule is CCCc1cc(=O)[nH]c(SCC(=O)NC(C)CCC)n1. The summed E-state index contributed by atoms with van der Waals surface area (Å²) in [6, 6.07) is 1.70. The van der Waals surface area contributed by atoms with Crippen molar-refractivity contribution in [2.24, 2.45) is 0 Å². The second kappa shape index (κ2) is 8.79. The normalized spacial score (nSPS) is 12.2. The maximum absolute atomic E-state index is 11.7. The Hall–Kier alpha value is -1.30. The van der Waals surface area contributed by atoms with E-state index in [4.69, 9.17) is 0 Å². The third kappa shape index (κ3) is 6.23. The molecule has 1 rings (SSSR count). The number of hydrogen-bond acceptors (Lipinski definition) is 4. The van der Waals surface area contributed by atoms with Crippen molar-refractivity contribution >= 4 is 17.7 Å². The van der Waals surface area contributed by atoms with Crippen LogP contribution in [0, 0.1) is 0 Å². The number of carbonyl (C=O) groups is 1. The van der Waals surface area contributed by atoms with Crippen LogP contribution in [0.4, 0.5) is 0 Å². The smallest absolute Gasteiger partial charge is 0.251 e. The van der Waals surface area contributed by atoms with Gasteiger partial charge in [-0.05, 0) is 19.8 Å². The summed E-state index contributed by atoms with van der Waals surface area (Å²) in [5, 5.41) is 3.44. The molecule has 1 amide bonds. The fourth-order valence-electron chi connectivity index (χ4n) is 1.89. The maximum atomic E-state index is 11.7. The van der Waals surface area contributed by atoms with Crippen LogP contribution >= 0.6 is 11.8 Å². The fraction of sp³-hybridized carbons (Fsp3) is 0.643. The lowest BCUT2D eigenvalue weighted by Gasteiger charge is -2.12. The van der Waals surface area contributed by atoms with Crippen LogP contribution in [0.2, 0.25) is 0 Å². The number of nitrogens with one attached hydrogen (secondary N) is 2. The van der Waals surface area contributed by atoms with Gasteiger partial charge in [-0.2, -0.15) is 0 Å². The highest BCUT2D eigenvalue weighted by molar-refractivity contribution is 7.99. The van der Waals surface area contributed by atoms with Crippen LogP contribution in [0.25, 0.3) is 0 Å². The molecule has 112 valence electrons. The van der Waals surface area contributed by atoms with Crippen molar-refractivity contribution in [3.63, 3.8) is 0 Å². The predicted octanol–water partition coefficient (Wildman–Crippen LogP) is 2.12. The lowest BCUT2D eigenvalue weighted by Crippen LogP contribution is -2.33. The predicted molar refractivity (Wildman–Crippen MR) is 82.1 cm³/mol. The molecule has 0 aromatic carbocycles. The number of H-pyrrole nitrogens is 1. The number of aryl methyl sites for hydroxylation is 1. The van der Waals surface area contributed by atoms with Crippen LogP contribution in [0.5, 0.6) is 0 Å². The Morgan fingerprint density at radius 3 is 2.85 bits per heavy atom. The monoisotopic (exact) mass is 297 g/mol. The van der Waals surface area contributed by atoms with Crippen molar-refractivity contribution in [1.29, 1.82) is 0 Å². The zero-order chi connectivity index (χ0) is 15.0. The summed E-state index contributed by atoms with van der Waals surface area (Å²) in [6.45, 7) is 6.12. The highest BCUT2D eigenvalue weighted by Gasteiger charge is 2.08. The first-order chi connectivity index (χ1) is 9.55. The van der Waals surface area contributed by atoms with Crippen molar-refractivity contribution in [2.75, 3.05) is 5.75 Å². The number of rotatable bonds is 8. The molecule has 0 fully saturated rings. The van der Waals surface area contributed by atoms with Crippen LogP contribution in [0.15, 0.2) is 16.0 Å². The Kier molecular flexibility index (Phi) is 7.36. The van der Waals surface area contributed by atoms with Crippen molar-refractivity contribution in [2.45, 2.75) is 57.7 Å². The lowest BCUT2D eigenvalue weighted by atomic mass is 10.2. The molecule has 1 aromatic heterocycles. The molecule has 0 saturated heterocycles. The van der Waals surface area contributed by atoms with E-state index in [1.54, 1.807) is 0 Å². The highest BCUT2D eigenvalue weighted by atomic mass is 32.2. The minimum absolute atomic E-state index is 0.0282. The number of amides is 1. The van der Waals surface area contributed by atoms with Crippen molar-refractivity contribution in [3.8, 4) is 0 Å². The molecule has 0 aliphatic rings. The zero-order valence-electron chi connectivity index (χ0n) is 12.4. The molecular formula is C14H23N3O2S. The summed E-state index contributed by atoms with van der Waals surface area (Å²) in [6.07, 6.45) is 3.73. The van der Waals surface area contributed by atoms with Crippen molar-refractivity contribution < 1.29 is 4.79 Å². The Morgan fingerprint density at radius 1 is 1.45 bits per heavy atom. The molecule has 2 N–H and O–H groups in total. The van der Waals surface area contributed by atoms with Gasteiger partial charge in [0.05, 0.1) is 5.75 Å². The Balaban J connectivity index is 2.52. The molecule has 1 heterocycles. The van der Waals surface area contributed by atoms with E-state index in [-0.39, 0.29) is 23.3 Å². The van der Waals surface area contributed by atoms with E-state index in [0.717, 1.165) is 31.4 Å². The van der Waals surface area contributed by atoms with Gasteiger partial charge >= 0.3 is 0 Å². The number of aromatic nitrogens is 2. The van der Waals surface area contributed by atoms with E-state index in [1.165, 1.54) is 17.8 Å². The highest BCUT2D eigenvalue weighted by Crippen LogP contribution is 2.11. The lowest BCUT2D eigenvalue weighted by molar-refractivity contribution is -0.119. The third-order valence-electron chi connectivity index (χ3n) is 2.75. The minimum Gasteiger partial charge on any atom is -0.353 e. The largest absolute Gasteiger partial charge is 0.353 e. The Labute approximate surface area is 124 Å². The molecule has 6 heteroatoms. The van der Waals surface area contributed by atoms with Crippen molar-refractivity contribution in [1.82, 2.24) is 15.3 Å². The molecule has 1 atom stereocenters. The van der Waals surface area contributed by atoms with Crippen LogP contribution in [0.1, 0.15) is 45.7 Å². The second-order valence-corrected chi connectivity index (χ2v) is 5.80. The summed E-state index contributed by atoms with van der Waals surface area (Å²) < 4.78 is 0. The number of thioether (sulfide) groups is 1. The average Bonchev–Trinajstić information content (AvgIpc) is 2.36. The van der Waals surface area contributed by atoms with Gasteiger partial charge in [0.1, 0.15) is 0 Å². The first-order valence-electron chi connectivity index (χ1n) is 7.07. The molecule has 0 spiro atoms. The van der Waals surface area contributed by atoms with E-state index in [0.29, 0.717) is 5.16 Å². The molecule has 0 aliphatic carbocycles. The van der Waals surface area contributed by atoms with Crippen LogP contribution in [-0.2, 0) is 11.2 Å². The van der Waals surface area contributed by atoms with E-state index in [1.807, 2.05) is 13.8 Å². The summed E-state index contributed by atoms with van der Waals surface area (Å²) in [5.41, 5.74) is 0.615.